The molecule has 1 heterocycles. The highest BCUT2D eigenvalue weighted by Gasteiger charge is 2.15. The average molecular weight is 308 g/mol. The zero-order valence-corrected chi connectivity index (χ0v) is 11.6. The molecular formula is C13H10ClN3O4. The number of anilines is 1. The van der Waals surface area contributed by atoms with Gasteiger partial charge in [-0.15, -0.1) is 0 Å². The second kappa shape index (κ2) is 6.19. The summed E-state index contributed by atoms with van der Waals surface area (Å²) in [6.07, 6.45) is 1.39. The molecule has 0 aliphatic rings. The maximum absolute atomic E-state index is 12.1. The van der Waals surface area contributed by atoms with Crippen LogP contribution in [-0.2, 0) is 0 Å². The van der Waals surface area contributed by atoms with E-state index in [0.29, 0.717) is 10.8 Å². The van der Waals surface area contributed by atoms with Crippen LogP contribution in [0, 0.1) is 10.1 Å². The number of hydrogen-bond acceptors (Lipinski definition) is 5. The van der Waals surface area contributed by atoms with Gasteiger partial charge < -0.3 is 10.1 Å². The summed E-state index contributed by atoms with van der Waals surface area (Å²) in [5, 5.41) is 13.6. The molecule has 21 heavy (non-hydrogen) atoms. The Morgan fingerprint density at radius 3 is 2.76 bits per heavy atom. The number of amides is 1. The molecule has 0 saturated heterocycles. The number of hydrogen-bond donors (Lipinski definition) is 1. The van der Waals surface area contributed by atoms with E-state index >= 15 is 0 Å². The van der Waals surface area contributed by atoms with E-state index in [1.54, 1.807) is 0 Å². The fraction of sp³-hybridized carbons (Fsp3) is 0.0769. The van der Waals surface area contributed by atoms with Gasteiger partial charge in [-0.2, -0.15) is 0 Å². The molecule has 0 spiro atoms. The summed E-state index contributed by atoms with van der Waals surface area (Å²) in [7, 11) is 1.40. The van der Waals surface area contributed by atoms with Crippen LogP contribution in [0.1, 0.15) is 10.5 Å². The first kappa shape index (κ1) is 14.7. The van der Waals surface area contributed by atoms with Crippen molar-refractivity contribution in [2.45, 2.75) is 0 Å². The van der Waals surface area contributed by atoms with Gasteiger partial charge in [0, 0.05) is 23.4 Å². The van der Waals surface area contributed by atoms with Crippen LogP contribution < -0.4 is 10.1 Å². The van der Waals surface area contributed by atoms with Crippen molar-refractivity contribution in [3.05, 3.63) is 57.4 Å². The van der Waals surface area contributed by atoms with Crippen molar-refractivity contribution >= 4 is 28.9 Å². The maximum Gasteiger partial charge on any atom is 0.274 e. The number of aromatic nitrogens is 1. The van der Waals surface area contributed by atoms with Crippen molar-refractivity contribution < 1.29 is 14.5 Å². The first-order valence-corrected chi connectivity index (χ1v) is 6.14. The van der Waals surface area contributed by atoms with Crippen LogP contribution in [0.2, 0.25) is 5.02 Å². The Labute approximate surface area is 124 Å². The van der Waals surface area contributed by atoms with Crippen molar-refractivity contribution in [3.63, 3.8) is 0 Å². The predicted molar refractivity (Wildman–Crippen MR) is 76.8 cm³/mol. The van der Waals surface area contributed by atoms with Gasteiger partial charge in [-0.25, -0.2) is 0 Å². The third kappa shape index (κ3) is 3.46. The largest absolute Gasteiger partial charge is 0.495 e. The molecule has 8 heteroatoms. The summed E-state index contributed by atoms with van der Waals surface area (Å²) in [5.41, 5.74) is 0.111. The highest BCUT2D eigenvalue weighted by Crippen LogP contribution is 2.29. The van der Waals surface area contributed by atoms with Gasteiger partial charge >= 0.3 is 0 Å². The zero-order chi connectivity index (χ0) is 15.4. The quantitative estimate of drug-likeness (QED) is 0.692. The summed E-state index contributed by atoms with van der Waals surface area (Å²) < 4.78 is 5.06. The Hall–Kier alpha value is -2.67. The Morgan fingerprint density at radius 1 is 1.38 bits per heavy atom. The topological polar surface area (TPSA) is 94.4 Å². The first-order valence-electron chi connectivity index (χ1n) is 5.76. The molecule has 2 aromatic rings. The van der Waals surface area contributed by atoms with Crippen molar-refractivity contribution in [2.75, 3.05) is 12.4 Å². The van der Waals surface area contributed by atoms with E-state index in [2.05, 4.69) is 10.3 Å². The van der Waals surface area contributed by atoms with Crippen LogP contribution in [0.25, 0.3) is 0 Å². The normalized spacial score (nSPS) is 10.0. The highest BCUT2D eigenvalue weighted by molar-refractivity contribution is 6.30. The van der Waals surface area contributed by atoms with E-state index in [1.165, 1.54) is 43.6 Å². The smallest absolute Gasteiger partial charge is 0.274 e. The molecule has 0 bridgehead atoms. The maximum atomic E-state index is 12.1. The number of nitrogens with one attached hydrogen (secondary N) is 1. The lowest BCUT2D eigenvalue weighted by Crippen LogP contribution is -2.14. The summed E-state index contributed by atoms with van der Waals surface area (Å²) in [6, 6.07) is 6.82. The summed E-state index contributed by atoms with van der Waals surface area (Å²) in [4.78, 5) is 26.1. The number of rotatable bonds is 4. The van der Waals surface area contributed by atoms with Crippen molar-refractivity contribution in [1.29, 1.82) is 0 Å². The molecule has 0 aliphatic heterocycles. The fourth-order valence-electron chi connectivity index (χ4n) is 1.62. The van der Waals surface area contributed by atoms with E-state index < -0.39 is 10.8 Å². The molecule has 1 N–H and O–H groups in total. The van der Waals surface area contributed by atoms with Gasteiger partial charge in [0.1, 0.15) is 11.4 Å². The number of nitro groups is 1. The minimum Gasteiger partial charge on any atom is -0.495 e. The molecule has 1 aromatic carbocycles. The number of pyridine rings is 1. The number of carbonyl (C=O) groups excluding carboxylic acids is 1. The molecule has 7 nitrogen and oxygen atoms in total. The molecule has 1 amide bonds. The van der Waals surface area contributed by atoms with E-state index in [9.17, 15) is 14.9 Å². The van der Waals surface area contributed by atoms with Gasteiger partial charge in [0.2, 0.25) is 0 Å². The number of ether oxygens (including phenoxy) is 1. The second-order valence-corrected chi connectivity index (χ2v) is 4.39. The van der Waals surface area contributed by atoms with Crippen LogP contribution in [-0.4, -0.2) is 22.9 Å². The number of methoxy groups -OCH3 is 1. The van der Waals surface area contributed by atoms with Gasteiger partial charge in [0.15, 0.2) is 0 Å². The molecule has 1 aromatic heterocycles. The highest BCUT2D eigenvalue weighted by atomic mass is 35.5. The zero-order valence-electron chi connectivity index (χ0n) is 10.9. The molecule has 0 saturated carbocycles. The minimum absolute atomic E-state index is 0.0936. The minimum atomic E-state index is -0.563. The standard InChI is InChI=1S/C13H10ClN3O4/c1-21-12-3-2-9(17(19)20)7-10(12)16-13(18)11-6-8(14)4-5-15-11/h2-7H,1H3,(H,16,18). The summed E-state index contributed by atoms with van der Waals surface area (Å²) in [5.74, 6) is -0.243. The molecule has 0 unspecified atom stereocenters. The summed E-state index contributed by atoms with van der Waals surface area (Å²) in [6.45, 7) is 0. The van der Waals surface area contributed by atoms with Crippen LogP contribution in [0.5, 0.6) is 5.75 Å². The van der Waals surface area contributed by atoms with Crippen LogP contribution in [0.3, 0.4) is 0 Å². The third-order valence-corrected chi connectivity index (χ3v) is 2.83. The number of non-ortho nitro benzene ring substituents is 1. The van der Waals surface area contributed by atoms with Gasteiger partial charge in [-0.05, 0) is 18.2 Å². The van der Waals surface area contributed by atoms with Crippen LogP contribution in [0.15, 0.2) is 36.5 Å². The molecule has 0 fully saturated rings. The van der Waals surface area contributed by atoms with Gasteiger partial charge in [0.05, 0.1) is 17.7 Å². The molecule has 0 aliphatic carbocycles. The van der Waals surface area contributed by atoms with E-state index in [0.717, 1.165) is 0 Å². The average Bonchev–Trinajstić information content (AvgIpc) is 2.47. The number of halogens is 1. The Kier molecular flexibility index (Phi) is 4.34. The van der Waals surface area contributed by atoms with E-state index in [1.807, 2.05) is 0 Å². The molecule has 0 radical (unpaired) electrons. The Balaban J connectivity index is 2.31. The first-order chi connectivity index (χ1) is 10.0. The third-order valence-electron chi connectivity index (χ3n) is 2.60. The van der Waals surface area contributed by atoms with Crippen LogP contribution >= 0.6 is 11.6 Å². The van der Waals surface area contributed by atoms with E-state index in [-0.39, 0.29) is 17.1 Å². The van der Waals surface area contributed by atoms with Crippen molar-refractivity contribution in [1.82, 2.24) is 4.98 Å². The molecule has 108 valence electrons. The van der Waals surface area contributed by atoms with Gasteiger partial charge in [-0.3, -0.25) is 19.9 Å². The van der Waals surface area contributed by atoms with Gasteiger partial charge in [0.25, 0.3) is 11.6 Å². The summed E-state index contributed by atoms with van der Waals surface area (Å²) >= 11 is 5.78. The van der Waals surface area contributed by atoms with Crippen LogP contribution in [0.4, 0.5) is 11.4 Å². The number of nitro benzene ring substituents is 1. The second-order valence-electron chi connectivity index (χ2n) is 3.96. The van der Waals surface area contributed by atoms with Crippen molar-refractivity contribution in [3.8, 4) is 5.75 Å². The SMILES string of the molecule is COc1ccc([N+](=O)[O-])cc1NC(=O)c1cc(Cl)ccn1. The Bertz CT molecular complexity index is 706. The lowest BCUT2D eigenvalue weighted by atomic mass is 10.2. The van der Waals surface area contributed by atoms with E-state index in [4.69, 9.17) is 16.3 Å². The van der Waals surface area contributed by atoms with Gasteiger partial charge in [-0.1, -0.05) is 11.6 Å². The molecule has 2 rings (SSSR count). The number of carbonyl (C=O) groups is 1. The molecular weight excluding hydrogens is 298 g/mol. The molecule has 0 atom stereocenters. The number of benzene rings is 1. The number of nitrogens with zero attached hydrogens (tertiary/aromatic N) is 2. The van der Waals surface area contributed by atoms with Crippen molar-refractivity contribution in [2.24, 2.45) is 0 Å². The fourth-order valence-corrected chi connectivity index (χ4v) is 1.78. The predicted octanol–water partition coefficient (Wildman–Crippen LogP) is 2.90. The lowest BCUT2D eigenvalue weighted by Gasteiger charge is -2.09. The lowest BCUT2D eigenvalue weighted by molar-refractivity contribution is -0.384. The monoisotopic (exact) mass is 307 g/mol. The Morgan fingerprint density at radius 2 is 2.14 bits per heavy atom.